The quantitative estimate of drug-likeness (QED) is 0.674. The van der Waals surface area contributed by atoms with Gasteiger partial charge in [-0.05, 0) is 38.7 Å². The molecule has 1 aromatic heterocycles. The lowest BCUT2D eigenvalue weighted by Gasteiger charge is -2.18. The molecule has 3 heteroatoms. The second kappa shape index (κ2) is 3.23. The van der Waals surface area contributed by atoms with E-state index in [1.807, 2.05) is 11.7 Å². The molecule has 1 heterocycles. The van der Waals surface area contributed by atoms with Gasteiger partial charge in [-0.3, -0.25) is 9.48 Å². The van der Waals surface area contributed by atoms with Gasteiger partial charge in [-0.15, -0.1) is 0 Å². The Morgan fingerprint density at radius 1 is 1.57 bits per heavy atom. The number of ketones is 1. The summed E-state index contributed by atoms with van der Waals surface area (Å²) < 4.78 is 1.92. The lowest BCUT2D eigenvalue weighted by molar-refractivity contribution is -0.121. The molecule has 0 saturated carbocycles. The Bertz CT molecular complexity index is 379. The van der Waals surface area contributed by atoms with Crippen molar-refractivity contribution in [3.8, 4) is 0 Å². The van der Waals surface area contributed by atoms with E-state index in [0.717, 1.165) is 19.3 Å². The molecule has 0 aromatic carbocycles. The maximum atomic E-state index is 11.3. The van der Waals surface area contributed by atoms with Gasteiger partial charge in [-0.2, -0.15) is 5.10 Å². The molecular weight excluding hydrogens is 176 g/mol. The molecule has 0 saturated heterocycles. The maximum Gasteiger partial charge on any atom is 0.133 e. The highest BCUT2D eigenvalue weighted by Gasteiger charge is 2.25. The molecule has 3 nitrogen and oxygen atoms in total. The first kappa shape index (κ1) is 9.44. The van der Waals surface area contributed by atoms with Gasteiger partial charge in [0.2, 0.25) is 0 Å². The number of rotatable bonds is 1. The van der Waals surface area contributed by atoms with Crippen LogP contribution in [-0.2, 0) is 24.7 Å². The summed E-state index contributed by atoms with van der Waals surface area (Å²) >= 11 is 0. The molecule has 1 aliphatic rings. The Morgan fingerprint density at radius 3 is 2.93 bits per heavy atom. The summed E-state index contributed by atoms with van der Waals surface area (Å²) in [4.78, 5) is 11.3. The van der Waals surface area contributed by atoms with Gasteiger partial charge in [0.25, 0.3) is 0 Å². The number of fused-ring (bicyclic) bond motifs is 1. The van der Waals surface area contributed by atoms with E-state index < -0.39 is 0 Å². The lowest BCUT2D eigenvalue weighted by atomic mass is 9.84. The number of carbonyl (C=O) groups is 1. The molecule has 0 bridgehead atoms. The smallest absolute Gasteiger partial charge is 0.133 e. The topological polar surface area (TPSA) is 34.9 Å². The van der Waals surface area contributed by atoms with E-state index in [1.165, 1.54) is 17.0 Å². The van der Waals surface area contributed by atoms with Crippen LogP contribution >= 0.6 is 0 Å². The Hall–Kier alpha value is -1.12. The van der Waals surface area contributed by atoms with Crippen LogP contribution in [0.2, 0.25) is 0 Å². The highest BCUT2D eigenvalue weighted by atomic mass is 16.1. The Morgan fingerprint density at radius 2 is 2.29 bits per heavy atom. The van der Waals surface area contributed by atoms with E-state index >= 15 is 0 Å². The molecular formula is C11H16N2O. The molecule has 0 amide bonds. The van der Waals surface area contributed by atoms with Crippen molar-refractivity contribution in [1.29, 1.82) is 0 Å². The third-order valence-electron chi connectivity index (χ3n) is 3.30. The number of aryl methyl sites for hydroxylation is 2. The Balaban J connectivity index is 2.33. The molecule has 0 radical (unpaired) electrons. The van der Waals surface area contributed by atoms with Gasteiger partial charge in [0, 0.05) is 18.7 Å². The van der Waals surface area contributed by atoms with E-state index in [0.29, 0.717) is 5.78 Å². The Kier molecular flexibility index (Phi) is 2.17. The molecule has 0 N–H and O–H groups in total. The highest BCUT2D eigenvalue weighted by molar-refractivity contribution is 5.79. The third-order valence-corrected chi connectivity index (χ3v) is 3.30. The second-order valence-electron chi connectivity index (χ2n) is 4.18. The van der Waals surface area contributed by atoms with Crippen LogP contribution in [0.1, 0.15) is 30.3 Å². The third kappa shape index (κ3) is 1.37. The molecule has 0 spiro atoms. The number of nitrogens with zero attached hydrogens (tertiary/aromatic N) is 2. The summed E-state index contributed by atoms with van der Waals surface area (Å²) in [5.41, 5.74) is 3.72. The average Bonchev–Trinajstić information content (AvgIpc) is 2.43. The summed E-state index contributed by atoms with van der Waals surface area (Å²) in [5, 5.41) is 4.45. The Labute approximate surface area is 84.1 Å². The van der Waals surface area contributed by atoms with Crippen LogP contribution in [0.25, 0.3) is 0 Å². The van der Waals surface area contributed by atoms with Crippen molar-refractivity contribution in [3.05, 3.63) is 17.0 Å². The van der Waals surface area contributed by atoms with Gasteiger partial charge in [-0.1, -0.05) is 0 Å². The van der Waals surface area contributed by atoms with Crippen molar-refractivity contribution >= 4 is 5.78 Å². The predicted molar refractivity (Wildman–Crippen MR) is 54.1 cm³/mol. The van der Waals surface area contributed by atoms with Crippen molar-refractivity contribution in [2.24, 2.45) is 13.0 Å². The minimum atomic E-state index is 0.227. The highest BCUT2D eigenvalue weighted by Crippen LogP contribution is 2.27. The SMILES string of the molecule is CC(=O)C1CCc2nn(C)c(C)c2C1. The number of Topliss-reactive ketones (excluding diaryl/α,β-unsaturated/α-hetero) is 1. The van der Waals surface area contributed by atoms with Crippen molar-refractivity contribution in [3.63, 3.8) is 0 Å². The van der Waals surface area contributed by atoms with Crippen LogP contribution in [0.3, 0.4) is 0 Å². The monoisotopic (exact) mass is 192 g/mol. The van der Waals surface area contributed by atoms with Crippen LogP contribution in [0.15, 0.2) is 0 Å². The van der Waals surface area contributed by atoms with Gasteiger partial charge in [0.1, 0.15) is 5.78 Å². The maximum absolute atomic E-state index is 11.3. The van der Waals surface area contributed by atoms with E-state index in [1.54, 1.807) is 6.92 Å². The predicted octanol–water partition coefficient (Wildman–Crippen LogP) is 1.42. The van der Waals surface area contributed by atoms with Crippen LogP contribution in [0.4, 0.5) is 0 Å². The minimum absolute atomic E-state index is 0.227. The summed E-state index contributed by atoms with van der Waals surface area (Å²) in [6.45, 7) is 3.77. The summed E-state index contributed by atoms with van der Waals surface area (Å²) in [6, 6.07) is 0. The molecule has 76 valence electrons. The van der Waals surface area contributed by atoms with Crippen molar-refractivity contribution in [2.75, 3.05) is 0 Å². The fourth-order valence-corrected chi connectivity index (χ4v) is 2.19. The first-order valence-electron chi connectivity index (χ1n) is 5.11. The van der Waals surface area contributed by atoms with Crippen LogP contribution in [0.5, 0.6) is 0 Å². The van der Waals surface area contributed by atoms with Crippen LogP contribution < -0.4 is 0 Å². The molecule has 1 aliphatic carbocycles. The molecule has 0 fully saturated rings. The zero-order valence-corrected chi connectivity index (χ0v) is 9.00. The lowest BCUT2D eigenvalue weighted by Crippen LogP contribution is -2.20. The van der Waals surface area contributed by atoms with E-state index in [9.17, 15) is 4.79 Å². The van der Waals surface area contributed by atoms with Crippen LogP contribution in [-0.4, -0.2) is 15.6 Å². The number of carbonyl (C=O) groups excluding carboxylic acids is 1. The van der Waals surface area contributed by atoms with E-state index in [4.69, 9.17) is 0 Å². The standard InChI is InChI=1S/C11H16N2O/c1-7-10-6-9(8(2)14)4-5-11(10)12-13(7)3/h9H,4-6H2,1-3H3. The van der Waals surface area contributed by atoms with Crippen LogP contribution in [0, 0.1) is 12.8 Å². The van der Waals surface area contributed by atoms with Crippen molar-refractivity contribution in [1.82, 2.24) is 9.78 Å². The summed E-state index contributed by atoms with van der Waals surface area (Å²) in [6.07, 6.45) is 2.82. The molecule has 1 unspecified atom stereocenters. The second-order valence-corrected chi connectivity index (χ2v) is 4.18. The molecule has 2 rings (SSSR count). The molecule has 1 aromatic rings. The molecule has 0 aliphatic heterocycles. The van der Waals surface area contributed by atoms with E-state index in [-0.39, 0.29) is 5.92 Å². The fourth-order valence-electron chi connectivity index (χ4n) is 2.19. The first-order valence-corrected chi connectivity index (χ1v) is 5.11. The fraction of sp³-hybridized carbons (Fsp3) is 0.636. The molecule has 14 heavy (non-hydrogen) atoms. The normalized spacial score (nSPS) is 20.6. The average molecular weight is 192 g/mol. The van der Waals surface area contributed by atoms with Crippen molar-refractivity contribution < 1.29 is 4.79 Å². The zero-order chi connectivity index (χ0) is 10.3. The minimum Gasteiger partial charge on any atom is -0.300 e. The number of hydrogen-bond acceptors (Lipinski definition) is 2. The first-order chi connectivity index (χ1) is 6.59. The van der Waals surface area contributed by atoms with Crippen molar-refractivity contribution in [2.45, 2.75) is 33.1 Å². The van der Waals surface area contributed by atoms with Gasteiger partial charge < -0.3 is 0 Å². The number of aromatic nitrogens is 2. The largest absolute Gasteiger partial charge is 0.300 e. The van der Waals surface area contributed by atoms with E-state index in [2.05, 4.69) is 12.0 Å². The zero-order valence-electron chi connectivity index (χ0n) is 9.00. The van der Waals surface area contributed by atoms with Gasteiger partial charge in [0.15, 0.2) is 0 Å². The summed E-state index contributed by atoms with van der Waals surface area (Å²) in [5.74, 6) is 0.546. The summed E-state index contributed by atoms with van der Waals surface area (Å²) in [7, 11) is 1.97. The molecule has 1 atom stereocenters. The van der Waals surface area contributed by atoms with Gasteiger partial charge in [-0.25, -0.2) is 0 Å². The van der Waals surface area contributed by atoms with Gasteiger partial charge >= 0.3 is 0 Å². The van der Waals surface area contributed by atoms with Gasteiger partial charge in [0.05, 0.1) is 5.69 Å². The number of hydrogen-bond donors (Lipinski definition) is 0.